The maximum absolute atomic E-state index is 13.0. The number of carbonyl (C=O) groups is 1. The van der Waals surface area contributed by atoms with Gasteiger partial charge in [-0.3, -0.25) is 4.79 Å². The third-order valence-electron chi connectivity index (χ3n) is 5.16. The van der Waals surface area contributed by atoms with E-state index in [1.165, 1.54) is 11.1 Å². The van der Waals surface area contributed by atoms with Gasteiger partial charge in [0.15, 0.2) is 0 Å². The van der Waals surface area contributed by atoms with Crippen molar-refractivity contribution in [2.75, 3.05) is 6.54 Å². The van der Waals surface area contributed by atoms with Crippen molar-refractivity contribution in [2.45, 2.75) is 18.9 Å². The van der Waals surface area contributed by atoms with E-state index in [0.717, 1.165) is 36.3 Å². The molecule has 1 unspecified atom stereocenters. The van der Waals surface area contributed by atoms with Crippen molar-refractivity contribution in [1.82, 2.24) is 14.7 Å². The van der Waals surface area contributed by atoms with Gasteiger partial charge < -0.3 is 4.90 Å². The average molecular weight is 315 g/mol. The molecule has 118 valence electrons. The Balaban J connectivity index is 1.64. The smallest absolute Gasteiger partial charge is 0.257 e. The zero-order valence-electron chi connectivity index (χ0n) is 13.2. The first-order valence-corrected chi connectivity index (χ1v) is 8.34. The molecule has 0 saturated heterocycles. The maximum atomic E-state index is 13.0. The van der Waals surface area contributed by atoms with Gasteiger partial charge in [0.05, 0.1) is 29.2 Å². The van der Waals surface area contributed by atoms with Gasteiger partial charge in [-0.2, -0.15) is 5.10 Å². The zero-order valence-corrected chi connectivity index (χ0v) is 13.2. The van der Waals surface area contributed by atoms with E-state index in [2.05, 4.69) is 29.4 Å². The van der Waals surface area contributed by atoms with Gasteiger partial charge in [-0.1, -0.05) is 42.5 Å². The minimum absolute atomic E-state index is 0.109. The number of aromatic nitrogens is 2. The van der Waals surface area contributed by atoms with Crippen LogP contribution in [0.4, 0.5) is 0 Å². The SMILES string of the molecule is O=C1c2cnn(-c3ccccc3)c2CC2c3ccccc3CCN12. The molecule has 4 heteroatoms. The van der Waals surface area contributed by atoms with Crippen LogP contribution in [0.3, 0.4) is 0 Å². The molecule has 2 aromatic carbocycles. The van der Waals surface area contributed by atoms with Crippen LogP contribution in [0.2, 0.25) is 0 Å². The number of benzene rings is 2. The Hall–Kier alpha value is -2.88. The number of nitrogens with zero attached hydrogens (tertiary/aromatic N) is 3. The number of hydrogen-bond acceptors (Lipinski definition) is 2. The largest absolute Gasteiger partial charge is 0.331 e. The lowest BCUT2D eigenvalue weighted by molar-refractivity contribution is 0.0629. The number of rotatable bonds is 1. The molecule has 0 bridgehead atoms. The van der Waals surface area contributed by atoms with Crippen LogP contribution in [0.1, 0.15) is 33.2 Å². The molecule has 3 aromatic rings. The summed E-state index contributed by atoms with van der Waals surface area (Å²) in [6.45, 7) is 0.788. The Morgan fingerprint density at radius 2 is 1.79 bits per heavy atom. The molecule has 0 radical (unpaired) electrons. The standard InChI is InChI=1S/C20H17N3O/c24-20-17-13-21-23(15-7-2-1-3-8-15)19(17)12-18-16-9-5-4-6-14(16)10-11-22(18)20/h1-9,13,18H,10-12H2. The fourth-order valence-corrected chi connectivity index (χ4v) is 3.99. The Morgan fingerprint density at radius 1 is 1.00 bits per heavy atom. The number of fused-ring (bicyclic) bond motifs is 4. The minimum Gasteiger partial charge on any atom is -0.331 e. The maximum Gasteiger partial charge on any atom is 0.257 e. The van der Waals surface area contributed by atoms with Crippen molar-refractivity contribution in [2.24, 2.45) is 0 Å². The van der Waals surface area contributed by atoms with E-state index in [4.69, 9.17) is 0 Å². The Morgan fingerprint density at radius 3 is 2.67 bits per heavy atom. The van der Waals surface area contributed by atoms with Crippen LogP contribution >= 0.6 is 0 Å². The van der Waals surface area contributed by atoms with Gasteiger partial charge in [0.2, 0.25) is 0 Å². The van der Waals surface area contributed by atoms with Crippen LogP contribution in [0.5, 0.6) is 0 Å². The molecule has 4 nitrogen and oxygen atoms in total. The highest BCUT2D eigenvalue weighted by Crippen LogP contribution is 2.38. The summed E-state index contributed by atoms with van der Waals surface area (Å²) in [5, 5.41) is 4.50. The molecule has 1 aromatic heterocycles. The fourth-order valence-electron chi connectivity index (χ4n) is 3.99. The second-order valence-electron chi connectivity index (χ2n) is 6.42. The summed E-state index contributed by atoms with van der Waals surface area (Å²) in [7, 11) is 0. The highest BCUT2D eigenvalue weighted by Gasteiger charge is 2.38. The van der Waals surface area contributed by atoms with E-state index >= 15 is 0 Å². The summed E-state index contributed by atoms with van der Waals surface area (Å²) >= 11 is 0. The van der Waals surface area contributed by atoms with Crippen molar-refractivity contribution >= 4 is 5.91 Å². The van der Waals surface area contributed by atoms with Crippen LogP contribution in [-0.4, -0.2) is 27.1 Å². The monoisotopic (exact) mass is 315 g/mol. The van der Waals surface area contributed by atoms with Gasteiger partial charge in [-0.05, 0) is 29.7 Å². The average Bonchev–Trinajstić information content (AvgIpc) is 3.07. The van der Waals surface area contributed by atoms with E-state index in [0.29, 0.717) is 0 Å². The van der Waals surface area contributed by atoms with Crippen molar-refractivity contribution in [3.05, 3.63) is 83.2 Å². The van der Waals surface area contributed by atoms with Crippen LogP contribution < -0.4 is 0 Å². The normalized spacial score (nSPS) is 18.8. The van der Waals surface area contributed by atoms with E-state index in [9.17, 15) is 4.79 Å². The van der Waals surface area contributed by atoms with Crippen molar-refractivity contribution in [3.8, 4) is 5.69 Å². The van der Waals surface area contributed by atoms with Gasteiger partial charge in [-0.25, -0.2) is 4.68 Å². The summed E-state index contributed by atoms with van der Waals surface area (Å²) in [4.78, 5) is 15.0. The Labute approximate surface area is 140 Å². The molecule has 3 heterocycles. The third-order valence-corrected chi connectivity index (χ3v) is 5.16. The second-order valence-corrected chi connectivity index (χ2v) is 6.42. The number of amides is 1. The molecule has 0 fully saturated rings. The number of carbonyl (C=O) groups excluding carboxylic acids is 1. The molecule has 2 aliphatic rings. The van der Waals surface area contributed by atoms with Gasteiger partial charge in [0, 0.05) is 13.0 Å². The predicted molar refractivity (Wildman–Crippen MR) is 91.2 cm³/mol. The Kier molecular flexibility index (Phi) is 2.86. The molecule has 0 N–H and O–H groups in total. The van der Waals surface area contributed by atoms with Gasteiger partial charge >= 0.3 is 0 Å². The summed E-state index contributed by atoms with van der Waals surface area (Å²) in [5.41, 5.74) is 5.41. The molecule has 24 heavy (non-hydrogen) atoms. The molecule has 0 aliphatic carbocycles. The molecule has 1 atom stereocenters. The zero-order chi connectivity index (χ0) is 16.1. The number of hydrogen-bond donors (Lipinski definition) is 0. The van der Waals surface area contributed by atoms with Crippen LogP contribution in [0.15, 0.2) is 60.8 Å². The lowest BCUT2D eigenvalue weighted by Gasteiger charge is -2.40. The van der Waals surface area contributed by atoms with Gasteiger partial charge in [0.25, 0.3) is 5.91 Å². The highest BCUT2D eigenvalue weighted by molar-refractivity contribution is 5.97. The summed E-state index contributed by atoms with van der Waals surface area (Å²) in [6.07, 6.45) is 3.47. The Bertz CT molecular complexity index is 929. The molecule has 1 amide bonds. The van der Waals surface area contributed by atoms with E-state index in [-0.39, 0.29) is 11.9 Å². The molecule has 0 saturated carbocycles. The first-order valence-electron chi connectivity index (χ1n) is 8.34. The third kappa shape index (κ3) is 1.86. The van der Waals surface area contributed by atoms with E-state index < -0.39 is 0 Å². The minimum atomic E-state index is 0.109. The van der Waals surface area contributed by atoms with Gasteiger partial charge in [0.1, 0.15) is 0 Å². The van der Waals surface area contributed by atoms with Crippen LogP contribution in [0.25, 0.3) is 5.69 Å². The van der Waals surface area contributed by atoms with E-state index in [1.54, 1.807) is 6.20 Å². The first kappa shape index (κ1) is 13.5. The van der Waals surface area contributed by atoms with E-state index in [1.807, 2.05) is 39.9 Å². The quantitative estimate of drug-likeness (QED) is 0.692. The van der Waals surface area contributed by atoms with Crippen molar-refractivity contribution in [3.63, 3.8) is 0 Å². The lowest BCUT2D eigenvalue weighted by atomic mass is 9.86. The summed E-state index contributed by atoms with van der Waals surface area (Å²) < 4.78 is 1.92. The lowest BCUT2D eigenvalue weighted by Crippen LogP contribution is -2.44. The molecular formula is C20H17N3O. The first-order chi connectivity index (χ1) is 11.8. The summed E-state index contributed by atoms with van der Waals surface area (Å²) in [6, 6.07) is 18.6. The molecular weight excluding hydrogens is 298 g/mol. The highest BCUT2D eigenvalue weighted by atomic mass is 16.2. The second kappa shape index (κ2) is 5.06. The van der Waals surface area contributed by atoms with Crippen molar-refractivity contribution in [1.29, 1.82) is 0 Å². The predicted octanol–water partition coefficient (Wildman–Crippen LogP) is 3.17. The van der Waals surface area contributed by atoms with Gasteiger partial charge in [-0.15, -0.1) is 0 Å². The fraction of sp³-hybridized carbons (Fsp3) is 0.200. The molecule has 2 aliphatic heterocycles. The van der Waals surface area contributed by atoms with Crippen LogP contribution in [-0.2, 0) is 12.8 Å². The van der Waals surface area contributed by atoms with Crippen molar-refractivity contribution < 1.29 is 4.79 Å². The topological polar surface area (TPSA) is 38.1 Å². The molecule has 0 spiro atoms. The molecule has 5 rings (SSSR count). The number of para-hydroxylation sites is 1. The summed E-state index contributed by atoms with van der Waals surface area (Å²) in [5.74, 6) is 0.109. The van der Waals surface area contributed by atoms with Crippen LogP contribution in [0, 0.1) is 0 Å².